The molecule has 0 atom stereocenters. The van der Waals surface area contributed by atoms with Crippen molar-refractivity contribution < 1.29 is 89.1 Å². The quantitative estimate of drug-likeness (QED) is 0.197. The van der Waals surface area contributed by atoms with Crippen molar-refractivity contribution in [3.8, 4) is 0 Å². The van der Waals surface area contributed by atoms with Gasteiger partial charge >= 0.3 is 39.0 Å². The zero-order chi connectivity index (χ0) is 19.1. The van der Waals surface area contributed by atoms with Crippen molar-refractivity contribution in [3.05, 3.63) is 6.92 Å². The van der Waals surface area contributed by atoms with E-state index in [4.69, 9.17) is 20.4 Å². The van der Waals surface area contributed by atoms with E-state index in [0.717, 1.165) is 6.42 Å². The molecule has 0 saturated heterocycles. The number of rotatable bonds is 8. The van der Waals surface area contributed by atoms with Gasteiger partial charge in [-0.1, -0.05) is 13.3 Å². The number of aliphatic hydroxyl groups is 4. The van der Waals surface area contributed by atoms with Gasteiger partial charge in [-0.05, 0) is 0 Å². The number of carboxylic acid groups (broad SMARTS) is 3. The second kappa shape index (κ2) is 21.5. The number of hydrogen-bond donors (Lipinski definition) is 4. The van der Waals surface area contributed by atoms with Gasteiger partial charge in [0, 0.05) is 24.8 Å². The zero-order valence-corrected chi connectivity index (χ0v) is 20.1. The predicted octanol–water partition coefficient (Wildman–Crippen LogP) is -5.31. The van der Waals surface area contributed by atoms with E-state index in [0.29, 0.717) is 0 Å². The molecule has 138 valence electrons. The van der Waals surface area contributed by atoms with Crippen LogP contribution in [0.2, 0.25) is 0 Å². The van der Waals surface area contributed by atoms with E-state index in [9.17, 15) is 29.7 Å². The van der Waals surface area contributed by atoms with E-state index in [1.54, 1.807) is 0 Å². The molecule has 0 aliphatic heterocycles. The molecule has 25 heavy (non-hydrogen) atoms. The maximum atomic E-state index is 10.1. The van der Waals surface area contributed by atoms with Gasteiger partial charge in [-0.25, -0.2) is 0 Å². The van der Waals surface area contributed by atoms with Crippen LogP contribution >= 0.6 is 0 Å². The molecule has 0 aliphatic carbocycles. The van der Waals surface area contributed by atoms with Gasteiger partial charge in [-0.15, -0.1) is 0 Å². The fourth-order valence-corrected chi connectivity index (χ4v) is 0.742. The molecule has 0 saturated carbocycles. The van der Waals surface area contributed by atoms with Crippen LogP contribution in [0, 0.1) is 6.92 Å². The normalized spacial score (nSPS) is 9.24. The largest absolute Gasteiger partial charge is 2.00 e. The number of carbonyl (C=O) groups is 3. The first kappa shape index (κ1) is 35.6. The third-order valence-electron chi connectivity index (χ3n) is 2.03. The molecule has 0 aliphatic rings. The molecule has 0 fully saturated rings. The zero-order valence-electron chi connectivity index (χ0n) is 14.2. The Hall–Kier alpha value is -0.503. The third kappa shape index (κ3) is 25.8. The maximum Gasteiger partial charge on any atom is 2.00 e. The van der Waals surface area contributed by atoms with Gasteiger partial charge in [-0.2, -0.15) is 6.42 Å². The summed E-state index contributed by atoms with van der Waals surface area (Å²) in [5.74, 6) is -5.98. The molecule has 0 spiro atoms. The molecule has 0 aromatic rings. The molecular weight excluding hydrogens is 447 g/mol. The van der Waals surface area contributed by atoms with E-state index < -0.39 is 42.5 Å². The van der Waals surface area contributed by atoms with Crippen LogP contribution in [0.25, 0.3) is 0 Å². The minimum absolute atomic E-state index is 0. The summed E-state index contributed by atoms with van der Waals surface area (Å²) in [7, 11) is 0. The average Bonchev–Trinajstić information content (AvgIpc) is 2.45. The monoisotopic (exact) mass is 466 g/mol. The van der Waals surface area contributed by atoms with Crippen molar-refractivity contribution in [2.45, 2.75) is 44.3 Å². The first-order valence-corrected chi connectivity index (χ1v) is 6.53. The van der Waals surface area contributed by atoms with E-state index in [2.05, 4.69) is 13.8 Å². The van der Waals surface area contributed by atoms with Crippen molar-refractivity contribution in [2.24, 2.45) is 0 Å². The van der Waals surface area contributed by atoms with Crippen LogP contribution in [-0.4, -0.2) is 63.3 Å². The Morgan fingerprint density at radius 2 is 1.28 bits per heavy atom. The van der Waals surface area contributed by atoms with Gasteiger partial charge in [0.15, 0.2) is 0 Å². The van der Waals surface area contributed by atoms with E-state index in [1.165, 1.54) is 6.42 Å². The molecule has 0 aromatic heterocycles. The number of hydrogen-bond acceptors (Lipinski definition) is 10. The fraction of sp³-hybridized carbons (Fsp3) is 0.692. The van der Waals surface area contributed by atoms with Crippen LogP contribution in [0.3, 0.4) is 0 Å². The molecule has 0 bridgehead atoms. The van der Waals surface area contributed by atoms with Crippen molar-refractivity contribution in [2.75, 3.05) is 13.2 Å². The molecule has 0 radical (unpaired) electrons. The van der Waals surface area contributed by atoms with Gasteiger partial charge in [-0.3, -0.25) is 0 Å². The minimum atomic E-state index is -2.97. The molecule has 0 rings (SSSR count). The van der Waals surface area contributed by atoms with Crippen LogP contribution < -0.4 is 15.3 Å². The van der Waals surface area contributed by atoms with E-state index in [-0.39, 0.29) is 52.2 Å². The van der Waals surface area contributed by atoms with Crippen LogP contribution in [0.1, 0.15) is 32.6 Å². The third-order valence-corrected chi connectivity index (χ3v) is 2.03. The van der Waals surface area contributed by atoms with Crippen LogP contribution in [0.15, 0.2) is 0 Å². The van der Waals surface area contributed by atoms with E-state index in [1.807, 2.05) is 0 Å². The first-order chi connectivity index (χ1) is 10.5. The SMILES string of the molecule is O=C([O-])CC(O)(CC(=O)[O-])C(=O)[O-].OCC(O)CO.[CH2-]CCC.[Zn+2].[Zn+2]. The van der Waals surface area contributed by atoms with Gasteiger partial charge in [0.25, 0.3) is 0 Å². The summed E-state index contributed by atoms with van der Waals surface area (Å²) in [6.07, 6.45) is -1.39. The summed E-state index contributed by atoms with van der Waals surface area (Å²) in [6.45, 7) is 4.99. The van der Waals surface area contributed by atoms with Crippen molar-refractivity contribution in [1.82, 2.24) is 0 Å². The Bertz CT molecular complexity index is 330. The molecule has 4 N–H and O–H groups in total. The molecule has 0 aromatic carbocycles. The Morgan fingerprint density at radius 3 is 1.36 bits per heavy atom. The minimum Gasteiger partial charge on any atom is -0.550 e. The molecule has 0 amide bonds. The number of aliphatic hydroxyl groups excluding tert-OH is 3. The van der Waals surface area contributed by atoms with E-state index >= 15 is 0 Å². The summed E-state index contributed by atoms with van der Waals surface area (Å²) < 4.78 is 0. The van der Waals surface area contributed by atoms with Crippen LogP contribution in [0.4, 0.5) is 0 Å². The van der Waals surface area contributed by atoms with Gasteiger partial charge in [0.2, 0.25) is 0 Å². The average molecular weight is 469 g/mol. The topological polar surface area (TPSA) is 201 Å². The predicted molar refractivity (Wildman–Crippen MR) is 69.6 cm³/mol. The second-order valence-electron chi connectivity index (χ2n) is 4.29. The smallest absolute Gasteiger partial charge is 0.550 e. The number of carbonyl (C=O) groups excluding carboxylic acids is 3. The van der Waals surface area contributed by atoms with Crippen LogP contribution in [0.5, 0.6) is 0 Å². The fourth-order valence-electron chi connectivity index (χ4n) is 0.742. The molecule has 10 nitrogen and oxygen atoms in total. The Balaban J connectivity index is -0.0000000937. The molecule has 12 heteroatoms. The summed E-state index contributed by atoms with van der Waals surface area (Å²) in [6, 6.07) is 0. The number of unbranched alkanes of at least 4 members (excludes halogenated alkanes) is 1. The van der Waals surface area contributed by atoms with Crippen molar-refractivity contribution >= 4 is 17.9 Å². The summed E-state index contributed by atoms with van der Waals surface area (Å²) in [5.41, 5.74) is -2.97. The van der Waals surface area contributed by atoms with Crippen molar-refractivity contribution in [3.63, 3.8) is 0 Å². The number of carboxylic acids is 3. The Kier molecular flexibility index (Phi) is 30.7. The standard InChI is InChI=1S/C6H8O7.C4H9.C3H8O3.2Zn/c7-3(8)1-6(13,5(11)12)2-4(9)10;1-3-4-2;4-1-3(6)2-5;;/h13H,1-2H2,(H,7,8)(H,9,10)(H,11,12);1,3-4H2,2H3;3-6H,1-2H2;;/q;-1;;2*+2/p-3. The molecular formula is C13H22O10Zn2. The van der Waals surface area contributed by atoms with Gasteiger partial charge < -0.3 is 57.1 Å². The van der Waals surface area contributed by atoms with Crippen molar-refractivity contribution in [1.29, 1.82) is 0 Å². The Morgan fingerprint density at radius 1 is 1.00 bits per heavy atom. The summed E-state index contributed by atoms with van der Waals surface area (Å²) in [4.78, 5) is 30.0. The molecule has 0 unspecified atom stereocenters. The summed E-state index contributed by atoms with van der Waals surface area (Å²) in [5, 5.41) is 62.9. The van der Waals surface area contributed by atoms with Gasteiger partial charge in [0.1, 0.15) is 11.7 Å². The van der Waals surface area contributed by atoms with Gasteiger partial charge in [0.05, 0.1) is 19.2 Å². The summed E-state index contributed by atoms with van der Waals surface area (Å²) >= 11 is 0. The number of aliphatic carboxylic acids is 3. The first-order valence-electron chi connectivity index (χ1n) is 6.53. The van der Waals surface area contributed by atoms with Crippen LogP contribution in [-0.2, 0) is 53.3 Å². The Labute approximate surface area is 171 Å². The maximum absolute atomic E-state index is 10.1. The molecule has 0 heterocycles. The second-order valence-corrected chi connectivity index (χ2v) is 4.29.